The molecule has 1 heterocycles. The second-order valence-corrected chi connectivity index (χ2v) is 5.74. The molecule has 4 nitrogen and oxygen atoms in total. The van der Waals surface area contributed by atoms with Gasteiger partial charge in [-0.3, -0.25) is 4.79 Å². The molecule has 0 aromatic heterocycles. The topological polar surface area (TPSA) is 55.6 Å². The number of anilines is 1. The van der Waals surface area contributed by atoms with Crippen LogP contribution in [0.3, 0.4) is 0 Å². The summed E-state index contributed by atoms with van der Waals surface area (Å²) in [5.74, 6) is -0.335. The van der Waals surface area contributed by atoms with Crippen molar-refractivity contribution >= 4 is 24.0 Å². The Bertz CT molecular complexity index is 721. The summed E-state index contributed by atoms with van der Waals surface area (Å²) >= 11 is 0. The van der Waals surface area contributed by atoms with Gasteiger partial charge in [0, 0.05) is 17.8 Å². The molecule has 2 N–H and O–H groups in total. The van der Waals surface area contributed by atoms with E-state index in [1.54, 1.807) is 29.2 Å². The molecule has 2 aromatic carbocycles. The van der Waals surface area contributed by atoms with Gasteiger partial charge in [0.2, 0.25) is 0 Å². The Kier molecular flexibility index (Phi) is 5.80. The molecule has 128 valence electrons. The Hall–Kier alpha value is -2.11. The number of hydrogen-bond acceptors (Lipinski definition) is 3. The van der Waals surface area contributed by atoms with Crippen LogP contribution in [-0.2, 0) is 4.74 Å². The maximum atomic E-state index is 13.0. The number of amides is 1. The highest BCUT2D eigenvalue weighted by Crippen LogP contribution is 2.24. The number of morpholine rings is 1. The molecular formula is C18H20ClFN2O2. The number of aryl methyl sites for hydroxylation is 1. The first-order valence-electron chi connectivity index (χ1n) is 7.57. The smallest absolute Gasteiger partial charge is 0.254 e. The van der Waals surface area contributed by atoms with Crippen LogP contribution in [0.5, 0.6) is 0 Å². The molecule has 2 aromatic rings. The molecule has 1 fully saturated rings. The Morgan fingerprint density at radius 2 is 1.96 bits per heavy atom. The van der Waals surface area contributed by atoms with E-state index in [0.717, 1.165) is 11.1 Å². The van der Waals surface area contributed by atoms with Gasteiger partial charge in [0.25, 0.3) is 5.91 Å². The minimum Gasteiger partial charge on any atom is -0.399 e. The van der Waals surface area contributed by atoms with Gasteiger partial charge in [-0.1, -0.05) is 18.2 Å². The summed E-state index contributed by atoms with van der Waals surface area (Å²) in [5, 5.41) is 0. The highest BCUT2D eigenvalue weighted by molar-refractivity contribution is 5.96. The normalized spacial score (nSPS) is 17.2. The number of carbonyl (C=O) groups excluding carboxylic acids is 1. The van der Waals surface area contributed by atoms with Crippen molar-refractivity contribution in [1.82, 2.24) is 4.90 Å². The van der Waals surface area contributed by atoms with Gasteiger partial charge in [0.1, 0.15) is 11.9 Å². The minimum absolute atomic E-state index is 0. The number of carbonyl (C=O) groups is 1. The predicted octanol–water partition coefficient (Wildman–Crippen LogP) is 3.35. The molecule has 1 amide bonds. The number of nitrogen functional groups attached to an aromatic ring is 1. The fraction of sp³-hybridized carbons (Fsp3) is 0.278. The Balaban J connectivity index is 0.00000208. The van der Waals surface area contributed by atoms with Crippen molar-refractivity contribution in [2.75, 3.05) is 25.4 Å². The maximum absolute atomic E-state index is 13.0. The van der Waals surface area contributed by atoms with Crippen molar-refractivity contribution in [3.8, 4) is 0 Å². The Morgan fingerprint density at radius 3 is 2.67 bits per heavy atom. The molecule has 0 saturated carbocycles. The molecule has 1 aliphatic heterocycles. The summed E-state index contributed by atoms with van der Waals surface area (Å²) in [7, 11) is 0. The van der Waals surface area contributed by atoms with Crippen molar-refractivity contribution in [1.29, 1.82) is 0 Å². The highest BCUT2D eigenvalue weighted by Gasteiger charge is 2.27. The van der Waals surface area contributed by atoms with E-state index in [-0.39, 0.29) is 30.2 Å². The van der Waals surface area contributed by atoms with Crippen molar-refractivity contribution in [3.63, 3.8) is 0 Å². The number of nitrogens with zero attached hydrogens (tertiary/aromatic N) is 1. The molecule has 1 atom stereocenters. The number of halogens is 2. The van der Waals surface area contributed by atoms with E-state index < -0.39 is 0 Å². The van der Waals surface area contributed by atoms with Crippen LogP contribution in [0.1, 0.15) is 27.6 Å². The predicted molar refractivity (Wildman–Crippen MR) is 93.8 cm³/mol. The molecule has 0 spiro atoms. The van der Waals surface area contributed by atoms with Crippen LogP contribution in [0.15, 0.2) is 42.5 Å². The van der Waals surface area contributed by atoms with E-state index in [9.17, 15) is 9.18 Å². The van der Waals surface area contributed by atoms with E-state index in [1.807, 2.05) is 13.0 Å². The molecule has 6 heteroatoms. The summed E-state index contributed by atoms with van der Waals surface area (Å²) in [6.45, 7) is 3.32. The lowest BCUT2D eigenvalue weighted by molar-refractivity contribution is -0.0228. The number of ether oxygens (including phenoxy) is 1. The summed E-state index contributed by atoms with van der Waals surface area (Å²) in [5.41, 5.74) is 8.75. The fourth-order valence-electron chi connectivity index (χ4n) is 2.75. The quantitative estimate of drug-likeness (QED) is 0.845. The first-order valence-corrected chi connectivity index (χ1v) is 7.57. The van der Waals surface area contributed by atoms with Gasteiger partial charge in [-0.15, -0.1) is 12.4 Å². The highest BCUT2D eigenvalue weighted by atomic mass is 35.5. The third kappa shape index (κ3) is 3.86. The SMILES string of the molecule is Cc1ccc(N)cc1C(=O)N1CCOC(c2ccc(F)cc2)C1.Cl. The van der Waals surface area contributed by atoms with Gasteiger partial charge in [0.05, 0.1) is 13.2 Å². The van der Waals surface area contributed by atoms with Crippen LogP contribution in [0, 0.1) is 12.7 Å². The van der Waals surface area contributed by atoms with Gasteiger partial charge in [-0.2, -0.15) is 0 Å². The number of rotatable bonds is 2. The molecule has 1 unspecified atom stereocenters. The van der Waals surface area contributed by atoms with Crippen molar-refractivity contribution < 1.29 is 13.9 Å². The molecule has 1 saturated heterocycles. The average Bonchev–Trinajstić information content (AvgIpc) is 2.57. The van der Waals surface area contributed by atoms with Crippen LogP contribution in [-0.4, -0.2) is 30.5 Å². The third-order valence-corrected chi connectivity index (χ3v) is 4.09. The largest absolute Gasteiger partial charge is 0.399 e. The van der Waals surface area contributed by atoms with Gasteiger partial charge in [0.15, 0.2) is 0 Å². The number of benzene rings is 2. The fourth-order valence-corrected chi connectivity index (χ4v) is 2.75. The molecule has 3 rings (SSSR count). The lowest BCUT2D eigenvalue weighted by Gasteiger charge is -2.33. The van der Waals surface area contributed by atoms with E-state index in [2.05, 4.69) is 0 Å². The van der Waals surface area contributed by atoms with Crippen LogP contribution < -0.4 is 5.73 Å². The summed E-state index contributed by atoms with van der Waals surface area (Å²) in [6, 6.07) is 11.5. The number of hydrogen-bond donors (Lipinski definition) is 1. The van der Waals surface area contributed by atoms with Gasteiger partial charge < -0.3 is 15.4 Å². The van der Waals surface area contributed by atoms with Crippen molar-refractivity contribution in [2.24, 2.45) is 0 Å². The van der Waals surface area contributed by atoms with Gasteiger partial charge in [-0.05, 0) is 42.3 Å². The zero-order valence-electron chi connectivity index (χ0n) is 13.4. The van der Waals surface area contributed by atoms with Gasteiger partial charge >= 0.3 is 0 Å². The second-order valence-electron chi connectivity index (χ2n) is 5.74. The standard InChI is InChI=1S/C18H19FN2O2.ClH/c1-12-2-7-15(20)10-16(12)18(22)21-8-9-23-17(11-21)13-3-5-14(19)6-4-13;/h2-7,10,17H,8-9,11,20H2,1H3;1H. The summed E-state index contributed by atoms with van der Waals surface area (Å²) in [6.07, 6.45) is -0.241. The summed E-state index contributed by atoms with van der Waals surface area (Å²) in [4.78, 5) is 14.5. The molecule has 0 bridgehead atoms. The van der Waals surface area contributed by atoms with E-state index >= 15 is 0 Å². The maximum Gasteiger partial charge on any atom is 0.254 e. The Labute approximate surface area is 146 Å². The van der Waals surface area contributed by atoms with Crippen LogP contribution in [0.25, 0.3) is 0 Å². The Morgan fingerprint density at radius 1 is 1.25 bits per heavy atom. The van der Waals surface area contributed by atoms with Gasteiger partial charge in [-0.25, -0.2) is 4.39 Å². The van der Waals surface area contributed by atoms with Crippen molar-refractivity contribution in [2.45, 2.75) is 13.0 Å². The van der Waals surface area contributed by atoms with Crippen molar-refractivity contribution in [3.05, 3.63) is 65.0 Å². The zero-order valence-corrected chi connectivity index (χ0v) is 14.2. The summed E-state index contributed by atoms with van der Waals surface area (Å²) < 4.78 is 18.8. The lowest BCUT2D eigenvalue weighted by atomic mass is 10.0. The second kappa shape index (κ2) is 7.64. The van der Waals surface area contributed by atoms with Crippen LogP contribution in [0.2, 0.25) is 0 Å². The minimum atomic E-state index is -0.284. The molecule has 1 aliphatic rings. The van der Waals surface area contributed by atoms with E-state index in [4.69, 9.17) is 10.5 Å². The molecular weight excluding hydrogens is 331 g/mol. The zero-order chi connectivity index (χ0) is 16.4. The van der Waals surface area contributed by atoms with Crippen LogP contribution in [0.4, 0.5) is 10.1 Å². The lowest BCUT2D eigenvalue weighted by Crippen LogP contribution is -2.42. The first kappa shape index (κ1) is 18.2. The monoisotopic (exact) mass is 350 g/mol. The number of nitrogens with two attached hydrogens (primary N) is 1. The average molecular weight is 351 g/mol. The molecule has 24 heavy (non-hydrogen) atoms. The van der Waals surface area contributed by atoms with E-state index in [1.165, 1.54) is 12.1 Å². The molecule has 0 radical (unpaired) electrons. The molecule has 0 aliphatic carbocycles. The first-order chi connectivity index (χ1) is 11.0. The van der Waals surface area contributed by atoms with Crippen LogP contribution >= 0.6 is 12.4 Å². The third-order valence-electron chi connectivity index (χ3n) is 4.09. The van der Waals surface area contributed by atoms with E-state index in [0.29, 0.717) is 30.9 Å².